The number of nitrogens with zero attached hydrogens (tertiary/aromatic N) is 3. The van der Waals surface area contributed by atoms with E-state index in [1.54, 1.807) is 0 Å². The molecule has 0 aliphatic carbocycles. The van der Waals surface area contributed by atoms with Crippen molar-refractivity contribution in [2.24, 2.45) is 5.73 Å². The van der Waals surface area contributed by atoms with Crippen LogP contribution in [0.1, 0.15) is 46.8 Å². The van der Waals surface area contributed by atoms with Crippen LogP contribution < -0.4 is 5.73 Å². The Balaban J connectivity index is 0.00000153. The van der Waals surface area contributed by atoms with Gasteiger partial charge in [-0.25, -0.2) is 8.78 Å². The van der Waals surface area contributed by atoms with E-state index >= 15 is 0 Å². The molecule has 4 heterocycles. The van der Waals surface area contributed by atoms with Gasteiger partial charge in [0, 0.05) is 43.8 Å². The molecular formula is C24H28Cl4F2N4O. The van der Waals surface area contributed by atoms with Crippen LogP contribution in [-0.2, 0) is 23.5 Å². The zero-order valence-electron chi connectivity index (χ0n) is 18.7. The molecule has 0 saturated carbocycles. The minimum absolute atomic E-state index is 0. The Kier molecular flexibility index (Phi) is 11.8. The molecule has 11 heteroatoms. The number of pyridine rings is 2. The van der Waals surface area contributed by atoms with Crippen molar-refractivity contribution in [1.82, 2.24) is 14.9 Å². The number of rotatable bonds is 4. The monoisotopic (exact) mass is 566 g/mol. The Hall–Kier alpha value is -1.58. The van der Waals surface area contributed by atoms with Gasteiger partial charge in [0.2, 0.25) is 0 Å². The van der Waals surface area contributed by atoms with Crippen LogP contribution in [0.2, 0.25) is 0 Å². The summed E-state index contributed by atoms with van der Waals surface area (Å²) in [4.78, 5) is 11.2. The molecule has 2 aliphatic heterocycles. The predicted octanol–water partition coefficient (Wildman–Crippen LogP) is 5.51. The van der Waals surface area contributed by atoms with Crippen LogP contribution >= 0.6 is 49.6 Å². The van der Waals surface area contributed by atoms with Crippen LogP contribution in [-0.4, -0.2) is 28.0 Å². The minimum Gasteiger partial charge on any atom is -0.365 e. The molecule has 192 valence electrons. The number of likely N-dealkylation sites (tertiary alicyclic amines) is 1. The van der Waals surface area contributed by atoms with Crippen LogP contribution in [0.15, 0.2) is 55.0 Å². The zero-order chi connectivity index (χ0) is 21.4. The highest BCUT2D eigenvalue weighted by Gasteiger charge is 2.42. The molecular weight excluding hydrogens is 540 g/mol. The Morgan fingerprint density at radius 2 is 1.71 bits per heavy atom. The smallest absolute Gasteiger partial charge is 0.159 e. The fourth-order valence-corrected chi connectivity index (χ4v) is 4.59. The lowest BCUT2D eigenvalue weighted by atomic mass is 9.84. The molecule has 5 rings (SSSR count). The SMILES string of the molecule is Cl.Cl.Cl.Cl.N[C@@H](c1ccc(F)c(F)c1)c1ccc(CN2CCC3(CC2)OCc2ccncc23)cn1. The van der Waals surface area contributed by atoms with Gasteiger partial charge in [-0.1, -0.05) is 12.1 Å². The Morgan fingerprint density at radius 3 is 2.37 bits per heavy atom. The second kappa shape index (κ2) is 13.1. The van der Waals surface area contributed by atoms with Gasteiger partial charge in [0.05, 0.1) is 23.9 Å². The van der Waals surface area contributed by atoms with Gasteiger partial charge in [-0.3, -0.25) is 14.9 Å². The van der Waals surface area contributed by atoms with Gasteiger partial charge < -0.3 is 10.5 Å². The van der Waals surface area contributed by atoms with Crippen molar-refractivity contribution in [2.75, 3.05) is 13.1 Å². The zero-order valence-corrected chi connectivity index (χ0v) is 22.0. The molecule has 0 radical (unpaired) electrons. The largest absolute Gasteiger partial charge is 0.365 e. The maximum atomic E-state index is 13.5. The van der Waals surface area contributed by atoms with Gasteiger partial charge in [0.25, 0.3) is 0 Å². The third-order valence-electron chi connectivity index (χ3n) is 6.45. The summed E-state index contributed by atoms with van der Waals surface area (Å²) in [5.41, 5.74) is 10.7. The lowest BCUT2D eigenvalue weighted by molar-refractivity contribution is -0.0800. The number of benzene rings is 1. The van der Waals surface area contributed by atoms with Gasteiger partial charge in [-0.15, -0.1) is 49.6 Å². The average molecular weight is 568 g/mol. The van der Waals surface area contributed by atoms with Crippen LogP contribution in [0.25, 0.3) is 0 Å². The van der Waals surface area contributed by atoms with Crippen LogP contribution in [0.3, 0.4) is 0 Å². The molecule has 1 saturated heterocycles. The third-order valence-corrected chi connectivity index (χ3v) is 6.45. The van der Waals surface area contributed by atoms with Gasteiger partial charge in [-0.05, 0) is 53.8 Å². The number of hydrogen-bond donors (Lipinski definition) is 1. The summed E-state index contributed by atoms with van der Waals surface area (Å²) in [6, 6.07) is 9.00. The highest BCUT2D eigenvalue weighted by atomic mass is 35.5. The van der Waals surface area contributed by atoms with E-state index in [0.717, 1.165) is 50.2 Å². The fourth-order valence-electron chi connectivity index (χ4n) is 4.59. The molecule has 2 aromatic heterocycles. The standard InChI is InChI=1S/C24H24F2N4O.4ClH/c25-20-3-2-17(11-21(20)26)23(27)22-4-1-16(12-29-22)14-30-9-6-24(7-10-30)19-13-28-8-5-18(19)15-31-24;;;;/h1-5,8,11-13,23H,6-7,9-10,14-15,27H2;4*1H/t23-;;;;/m0..../s1. The summed E-state index contributed by atoms with van der Waals surface area (Å²) in [7, 11) is 0. The second-order valence-electron chi connectivity index (χ2n) is 8.33. The summed E-state index contributed by atoms with van der Waals surface area (Å²) in [6.45, 7) is 3.33. The Bertz CT molecular complexity index is 1100. The summed E-state index contributed by atoms with van der Waals surface area (Å²) >= 11 is 0. The molecule has 3 aromatic rings. The van der Waals surface area contributed by atoms with Gasteiger partial charge >= 0.3 is 0 Å². The van der Waals surface area contributed by atoms with E-state index in [0.29, 0.717) is 17.9 Å². The molecule has 5 nitrogen and oxygen atoms in total. The topological polar surface area (TPSA) is 64.3 Å². The van der Waals surface area contributed by atoms with Crippen molar-refractivity contribution < 1.29 is 13.5 Å². The van der Waals surface area contributed by atoms with Crippen molar-refractivity contribution in [3.05, 3.63) is 94.6 Å². The number of ether oxygens (including phenoxy) is 1. The molecule has 2 N–H and O–H groups in total. The predicted molar refractivity (Wildman–Crippen MR) is 141 cm³/mol. The molecule has 0 unspecified atom stereocenters. The van der Waals surface area contributed by atoms with E-state index in [2.05, 4.69) is 20.9 Å². The average Bonchev–Trinajstić information content (AvgIpc) is 3.16. The van der Waals surface area contributed by atoms with E-state index in [1.807, 2.05) is 30.7 Å². The molecule has 1 fully saturated rings. The van der Waals surface area contributed by atoms with E-state index in [-0.39, 0.29) is 55.2 Å². The normalized spacial score (nSPS) is 16.7. The van der Waals surface area contributed by atoms with Gasteiger partial charge in [-0.2, -0.15) is 0 Å². The van der Waals surface area contributed by atoms with Crippen molar-refractivity contribution >= 4 is 49.6 Å². The number of nitrogens with two attached hydrogens (primary N) is 1. The molecule has 1 spiro atoms. The molecule has 0 bridgehead atoms. The number of fused-ring (bicyclic) bond motifs is 2. The van der Waals surface area contributed by atoms with Crippen LogP contribution in [0.5, 0.6) is 0 Å². The minimum atomic E-state index is -0.905. The molecule has 0 amide bonds. The number of aromatic nitrogens is 2. The van der Waals surface area contributed by atoms with E-state index < -0.39 is 17.7 Å². The Labute approximate surface area is 228 Å². The van der Waals surface area contributed by atoms with Gasteiger partial charge in [0.15, 0.2) is 11.6 Å². The van der Waals surface area contributed by atoms with E-state index in [9.17, 15) is 8.78 Å². The third kappa shape index (κ3) is 6.41. The lowest BCUT2D eigenvalue weighted by Gasteiger charge is -2.39. The summed E-state index contributed by atoms with van der Waals surface area (Å²) < 4.78 is 32.9. The first-order valence-electron chi connectivity index (χ1n) is 10.5. The highest BCUT2D eigenvalue weighted by Crippen LogP contribution is 2.43. The molecule has 2 aliphatic rings. The number of piperidine rings is 1. The highest BCUT2D eigenvalue weighted by molar-refractivity contribution is 5.86. The molecule has 1 aromatic carbocycles. The second-order valence-corrected chi connectivity index (χ2v) is 8.33. The van der Waals surface area contributed by atoms with Crippen molar-refractivity contribution in [3.63, 3.8) is 0 Å². The maximum absolute atomic E-state index is 13.5. The maximum Gasteiger partial charge on any atom is 0.159 e. The van der Waals surface area contributed by atoms with Crippen molar-refractivity contribution in [2.45, 2.75) is 37.6 Å². The first-order valence-corrected chi connectivity index (χ1v) is 10.5. The Morgan fingerprint density at radius 1 is 0.971 bits per heavy atom. The summed E-state index contributed by atoms with van der Waals surface area (Å²) in [5.74, 6) is -1.79. The summed E-state index contributed by atoms with van der Waals surface area (Å²) in [6.07, 6.45) is 7.48. The molecule has 35 heavy (non-hydrogen) atoms. The van der Waals surface area contributed by atoms with E-state index in [1.165, 1.54) is 17.2 Å². The lowest BCUT2D eigenvalue weighted by Crippen LogP contribution is -2.42. The number of hydrogen-bond acceptors (Lipinski definition) is 5. The van der Waals surface area contributed by atoms with Crippen LogP contribution in [0.4, 0.5) is 8.78 Å². The van der Waals surface area contributed by atoms with Crippen LogP contribution in [0, 0.1) is 11.6 Å². The first kappa shape index (κ1) is 31.4. The van der Waals surface area contributed by atoms with Crippen molar-refractivity contribution in [1.29, 1.82) is 0 Å². The molecule has 1 atom stereocenters. The fraction of sp³-hybridized carbons (Fsp3) is 0.333. The number of halogens is 6. The first-order chi connectivity index (χ1) is 15.0. The summed E-state index contributed by atoms with van der Waals surface area (Å²) in [5, 5.41) is 0. The van der Waals surface area contributed by atoms with E-state index in [4.69, 9.17) is 10.5 Å². The van der Waals surface area contributed by atoms with Gasteiger partial charge in [0.1, 0.15) is 0 Å². The van der Waals surface area contributed by atoms with Crippen molar-refractivity contribution in [3.8, 4) is 0 Å². The quantitative estimate of drug-likeness (QED) is 0.450.